The molecule has 0 spiro atoms. The SMILES string of the molecule is COC(=O)/C=C/CNC(=O)c1cc(Br)ccc1N. The number of carbonyl (C=O) groups is 2. The predicted molar refractivity (Wildman–Crippen MR) is 72.0 cm³/mol. The monoisotopic (exact) mass is 312 g/mol. The molecular formula is C12H13BrN2O3. The minimum atomic E-state index is -0.466. The Hall–Kier alpha value is -1.82. The normalized spacial score (nSPS) is 10.3. The summed E-state index contributed by atoms with van der Waals surface area (Å²) in [6, 6.07) is 5.03. The fourth-order valence-corrected chi connectivity index (χ4v) is 1.56. The Morgan fingerprint density at radius 2 is 2.22 bits per heavy atom. The van der Waals surface area contributed by atoms with E-state index in [2.05, 4.69) is 26.0 Å². The molecule has 0 fully saturated rings. The minimum Gasteiger partial charge on any atom is -0.466 e. The van der Waals surface area contributed by atoms with Gasteiger partial charge in [-0.2, -0.15) is 0 Å². The minimum absolute atomic E-state index is 0.222. The zero-order valence-electron chi connectivity index (χ0n) is 9.77. The van der Waals surface area contributed by atoms with E-state index in [0.717, 1.165) is 4.47 Å². The van der Waals surface area contributed by atoms with Crippen LogP contribution in [-0.2, 0) is 9.53 Å². The number of hydrogen-bond donors (Lipinski definition) is 2. The van der Waals surface area contributed by atoms with Gasteiger partial charge in [-0.15, -0.1) is 0 Å². The van der Waals surface area contributed by atoms with E-state index in [0.29, 0.717) is 11.3 Å². The number of nitrogens with one attached hydrogen (secondary N) is 1. The Kier molecular flexibility index (Phi) is 5.38. The van der Waals surface area contributed by atoms with Crippen LogP contribution >= 0.6 is 15.9 Å². The summed E-state index contributed by atoms with van der Waals surface area (Å²) in [5.74, 6) is -0.769. The van der Waals surface area contributed by atoms with Gasteiger partial charge < -0.3 is 15.8 Å². The highest BCUT2D eigenvalue weighted by atomic mass is 79.9. The summed E-state index contributed by atoms with van der Waals surface area (Å²) < 4.78 is 5.18. The van der Waals surface area contributed by atoms with E-state index in [-0.39, 0.29) is 12.5 Å². The maximum absolute atomic E-state index is 11.8. The van der Waals surface area contributed by atoms with Crippen LogP contribution in [0.5, 0.6) is 0 Å². The predicted octanol–water partition coefficient (Wildman–Crippen LogP) is 1.49. The van der Waals surface area contributed by atoms with Crippen LogP contribution in [0.4, 0.5) is 5.69 Å². The second kappa shape index (κ2) is 6.80. The maximum Gasteiger partial charge on any atom is 0.330 e. The van der Waals surface area contributed by atoms with Gasteiger partial charge in [-0.25, -0.2) is 4.79 Å². The number of halogens is 1. The van der Waals surface area contributed by atoms with Crippen molar-refractivity contribution in [2.75, 3.05) is 19.4 Å². The number of esters is 1. The third-order valence-electron chi connectivity index (χ3n) is 2.10. The van der Waals surface area contributed by atoms with Crippen LogP contribution in [0.1, 0.15) is 10.4 Å². The Morgan fingerprint density at radius 1 is 1.50 bits per heavy atom. The zero-order chi connectivity index (χ0) is 13.5. The van der Waals surface area contributed by atoms with Crippen LogP contribution in [0.2, 0.25) is 0 Å². The van der Waals surface area contributed by atoms with Crippen LogP contribution in [0.3, 0.4) is 0 Å². The number of amides is 1. The summed E-state index contributed by atoms with van der Waals surface area (Å²) in [6.45, 7) is 0.222. The van der Waals surface area contributed by atoms with Crippen molar-refractivity contribution in [2.24, 2.45) is 0 Å². The summed E-state index contributed by atoms with van der Waals surface area (Å²) in [5.41, 5.74) is 6.47. The summed E-state index contributed by atoms with van der Waals surface area (Å²) in [6.07, 6.45) is 2.74. The fraction of sp³-hybridized carbons (Fsp3) is 0.167. The first-order chi connectivity index (χ1) is 8.54. The van der Waals surface area contributed by atoms with Gasteiger partial charge in [-0.3, -0.25) is 4.79 Å². The van der Waals surface area contributed by atoms with Crippen LogP contribution in [0.25, 0.3) is 0 Å². The van der Waals surface area contributed by atoms with E-state index in [1.54, 1.807) is 18.2 Å². The summed E-state index contributed by atoms with van der Waals surface area (Å²) in [4.78, 5) is 22.5. The summed E-state index contributed by atoms with van der Waals surface area (Å²) in [7, 11) is 1.29. The van der Waals surface area contributed by atoms with Crippen molar-refractivity contribution in [2.45, 2.75) is 0 Å². The average molecular weight is 313 g/mol. The van der Waals surface area contributed by atoms with Crippen LogP contribution in [0.15, 0.2) is 34.8 Å². The molecule has 0 saturated heterocycles. The molecular weight excluding hydrogens is 300 g/mol. The van der Waals surface area contributed by atoms with Gasteiger partial charge in [0, 0.05) is 22.8 Å². The largest absolute Gasteiger partial charge is 0.466 e. The summed E-state index contributed by atoms with van der Waals surface area (Å²) in [5, 5.41) is 2.61. The number of nitrogens with two attached hydrogens (primary N) is 1. The van der Waals surface area contributed by atoms with E-state index in [1.807, 2.05) is 0 Å². The molecule has 0 radical (unpaired) electrons. The van der Waals surface area contributed by atoms with Crippen molar-refractivity contribution >= 4 is 33.5 Å². The van der Waals surface area contributed by atoms with Gasteiger partial charge in [0.2, 0.25) is 0 Å². The number of carbonyl (C=O) groups excluding carboxylic acids is 2. The zero-order valence-corrected chi connectivity index (χ0v) is 11.4. The van der Waals surface area contributed by atoms with Crippen molar-refractivity contribution in [3.05, 3.63) is 40.4 Å². The molecule has 1 amide bonds. The number of methoxy groups -OCH3 is 1. The number of nitrogen functional groups attached to an aromatic ring is 1. The molecule has 0 heterocycles. The second-order valence-electron chi connectivity index (χ2n) is 3.37. The van der Waals surface area contributed by atoms with E-state index in [4.69, 9.17) is 5.73 Å². The molecule has 0 aliphatic rings. The first-order valence-electron chi connectivity index (χ1n) is 5.12. The lowest BCUT2D eigenvalue weighted by Crippen LogP contribution is -2.24. The molecule has 0 unspecified atom stereocenters. The Morgan fingerprint density at radius 3 is 2.89 bits per heavy atom. The molecule has 0 saturated carbocycles. The quantitative estimate of drug-likeness (QED) is 0.501. The number of anilines is 1. The van der Waals surface area contributed by atoms with Crippen molar-refractivity contribution in [1.82, 2.24) is 5.32 Å². The van der Waals surface area contributed by atoms with Gasteiger partial charge in [0.15, 0.2) is 0 Å². The van der Waals surface area contributed by atoms with Crippen molar-refractivity contribution < 1.29 is 14.3 Å². The molecule has 6 heteroatoms. The molecule has 0 aliphatic carbocycles. The topological polar surface area (TPSA) is 81.4 Å². The van der Waals surface area contributed by atoms with Crippen molar-refractivity contribution in [3.63, 3.8) is 0 Å². The van der Waals surface area contributed by atoms with Gasteiger partial charge in [0.05, 0.1) is 12.7 Å². The number of ether oxygens (including phenoxy) is 1. The van der Waals surface area contributed by atoms with E-state index in [1.165, 1.54) is 19.3 Å². The highest BCUT2D eigenvalue weighted by Crippen LogP contribution is 2.18. The number of hydrogen-bond acceptors (Lipinski definition) is 4. The molecule has 18 heavy (non-hydrogen) atoms. The van der Waals surface area contributed by atoms with Gasteiger partial charge >= 0.3 is 5.97 Å². The third-order valence-corrected chi connectivity index (χ3v) is 2.59. The molecule has 96 valence electrons. The van der Waals surface area contributed by atoms with E-state index >= 15 is 0 Å². The molecule has 0 aliphatic heterocycles. The Bertz CT molecular complexity index is 486. The Labute approximate surface area is 113 Å². The molecule has 0 bridgehead atoms. The number of benzene rings is 1. The lowest BCUT2D eigenvalue weighted by Gasteiger charge is -2.06. The van der Waals surface area contributed by atoms with Gasteiger partial charge in [-0.05, 0) is 18.2 Å². The lowest BCUT2D eigenvalue weighted by molar-refractivity contribution is -0.134. The molecule has 0 aromatic heterocycles. The highest BCUT2D eigenvalue weighted by Gasteiger charge is 2.08. The van der Waals surface area contributed by atoms with Crippen LogP contribution < -0.4 is 11.1 Å². The molecule has 5 nitrogen and oxygen atoms in total. The second-order valence-corrected chi connectivity index (χ2v) is 4.28. The summed E-state index contributed by atoms with van der Waals surface area (Å²) >= 11 is 3.26. The van der Waals surface area contributed by atoms with E-state index < -0.39 is 5.97 Å². The molecule has 0 atom stereocenters. The first kappa shape index (κ1) is 14.2. The van der Waals surface area contributed by atoms with Crippen molar-refractivity contribution in [3.8, 4) is 0 Å². The molecule has 1 rings (SSSR count). The van der Waals surface area contributed by atoms with Crippen LogP contribution in [0, 0.1) is 0 Å². The first-order valence-corrected chi connectivity index (χ1v) is 5.91. The Balaban J connectivity index is 2.58. The lowest BCUT2D eigenvalue weighted by atomic mass is 10.1. The standard InChI is InChI=1S/C12H13BrN2O3/c1-18-11(16)3-2-6-15-12(17)9-7-8(13)4-5-10(9)14/h2-5,7H,6,14H2,1H3,(H,15,17)/b3-2+. The van der Waals surface area contributed by atoms with E-state index in [9.17, 15) is 9.59 Å². The maximum atomic E-state index is 11.8. The number of rotatable bonds is 4. The molecule has 1 aromatic carbocycles. The van der Waals surface area contributed by atoms with Gasteiger partial charge in [0.1, 0.15) is 0 Å². The van der Waals surface area contributed by atoms with Gasteiger partial charge in [-0.1, -0.05) is 22.0 Å². The third kappa shape index (κ3) is 4.21. The fourth-order valence-electron chi connectivity index (χ4n) is 1.20. The van der Waals surface area contributed by atoms with Crippen molar-refractivity contribution in [1.29, 1.82) is 0 Å². The highest BCUT2D eigenvalue weighted by molar-refractivity contribution is 9.10. The van der Waals surface area contributed by atoms with Gasteiger partial charge in [0.25, 0.3) is 5.91 Å². The molecule has 3 N–H and O–H groups in total. The molecule has 1 aromatic rings. The van der Waals surface area contributed by atoms with Crippen LogP contribution in [-0.4, -0.2) is 25.5 Å². The average Bonchev–Trinajstić information content (AvgIpc) is 2.36. The smallest absolute Gasteiger partial charge is 0.330 e.